The zero-order valence-corrected chi connectivity index (χ0v) is 10.6. The molecule has 94 valence electrons. The number of rotatable bonds is 4. The lowest BCUT2D eigenvalue weighted by Gasteiger charge is -2.11. The van der Waals surface area contributed by atoms with Gasteiger partial charge in [0.15, 0.2) is 9.84 Å². The molecule has 0 aliphatic carbocycles. The Morgan fingerprint density at radius 1 is 1.41 bits per heavy atom. The standard InChI is InChI=1S/C11H16N2O3S/c1-7(11(13)14)6-17(15,16)10-5-3-4-9(12)8(10)2/h3-5,7H,6,12H2,1-2H3,(H2,13,14). The van der Waals surface area contributed by atoms with E-state index in [2.05, 4.69) is 0 Å². The van der Waals surface area contributed by atoms with Crippen LogP contribution < -0.4 is 11.5 Å². The third kappa shape index (κ3) is 2.97. The van der Waals surface area contributed by atoms with Crippen molar-refractivity contribution in [3.8, 4) is 0 Å². The number of nitrogens with two attached hydrogens (primary N) is 2. The van der Waals surface area contributed by atoms with Crippen LogP contribution in [0.2, 0.25) is 0 Å². The molecule has 0 aliphatic rings. The summed E-state index contributed by atoms with van der Waals surface area (Å²) in [5.74, 6) is -1.65. The van der Waals surface area contributed by atoms with E-state index in [4.69, 9.17) is 11.5 Å². The number of hydrogen-bond acceptors (Lipinski definition) is 4. The summed E-state index contributed by atoms with van der Waals surface area (Å²) in [7, 11) is -3.54. The lowest BCUT2D eigenvalue weighted by atomic mass is 10.2. The number of anilines is 1. The molecule has 1 amide bonds. The zero-order valence-electron chi connectivity index (χ0n) is 9.80. The first-order chi connectivity index (χ1) is 7.75. The topological polar surface area (TPSA) is 103 Å². The van der Waals surface area contributed by atoms with Gasteiger partial charge in [-0.1, -0.05) is 13.0 Å². The molecule has 1 unspecified atom stereocenters. The van der Waals surface area contributed by atoms with Crippen LogP contribution >= 0.6 is 0 Å². The lowest BCUT2D eigenvalue weighted by molar-refractivity contribution is -0.120. The monoisotopic (exact) mass is 256 g/mol. The van der Waals surface area contributed by atoms with Gasteiger partial charge in [0.2, 0.25) is 5.91 Å². The molecule has 1 aromatic carbocycles. The molecule has 0 aromatic heterocycles. The molecule has 0 saturated carbocycles. The third-order valence-electron chi connectivity index (χ3n) is 2.62. The van der Waals surface area contributed by atoms with Gasteiger partial charge in [-0.25, -0.2) is 8.42 Å². The third-order valence-corrected chi connectivity index (χ3v) is 4.67. The molecule has 5 nitrogen and oxygen atoms in total. The van der Waals surface area contributed by atoms with Crippen molar-refractivity contribution >= 4 is 21.4 Å². The Morgan fingerprint density at radius 2 is 2.00 bits per heavy atom. The molecule has 0 saturated heterocycles. The number of amides is 1. The van der Waals surface area contributed by atoms with Crippen LogP contribution in [-0.4, -0.2) is 20.1 Å². The number of nitrogen functional groups attached to an aromatic ring is 1. The Hall–Kier alpha value is -1.56. The van der Waals surface area contributed by atoms with E-state index < -0.39 is 21.7 Å². The van der Waals surface area contributed by atoms with Crippen LogP contribution in [0.1, 0.15) is 12.5 Å². The predicted molar refractivity (Wildman–Crippen MR) is 66.0 cm³/mol. The van der Waals surface area contributed by atoms with Crippen LogP contribution in [0.25, 0.3) is 0 Å². The van der Waals surface area contributed by atoms with Crippen LogP contribution in [0.5, 0.6) is 0 Å². The smallest absolute Gasteiger partial charge is 0.221 e. The second-order valence-electron chi connectivity index (χ2n) is 4.06. The Balaban J connectivity index is 3.14. The highest BCUT2D eigenvalue weighted by Gasteiger charge is 2.23. The first kappa shape index (κ1) is 13.5. The summed E-state index contributed by atoms with van der Waals surface area (Å²) in [6, 6.07) is 4.69. The molecule has 0 bridgehead atoms. The summed E-state index contributed by atoms with van der Waals surface area (Å²) >= 11 is 0. The maximum Gasteiger partial charge on any atom is 0.221 e. The summed E-state index contributed by atoms with van der Waals surface area (Å²) in [5.41, 5.74) is 11.6. The summed E-state index contributed by atoms with van der Waals surface area (Å²) in [6.07, 6.45) is 0. The van der Waals surface area contributed by atoms with Gasteiger partial charge < -0.3 is 11.5 Å². The number of primary amides is 1. The molecule has 1 rings (SSSR count). The average Bonchev–Trinajstić information content (AvgIpc) is 2.21. The molecule has 1 aromatic rings. The minimum atomic E-state index is -3.54. The van der Waals surface area contributed by atoms with Crippen molar-refractivity contribution in [1.82, 2.24) is 0 Å². The van der Waals surface area contributed by atoms with Gasteiger partial charge in [0.1, 0.15) is 0 Å². The van der Waals surface area contributed by atoms with Gasteiger partial charge in [-0.3, -0.25) is 4.79 Å². The van der Waals surface area contributed by atoms with Gasteiger partial charge in [0, 0.05) is 11.6 Å². The molecule has 0 heterocycles. The number of carbonyl (C=O) groups excluding carboxylic acids is 1. The fourth-order valence-electron chi connectivity index (χ4n) is 1.47. The Bertz CT molecular complexity index is 538. The van der Waals surface area contributed by atoms with E-state index in [1.807, 2.05) is 0 Å². The highest BCUT2D eigenvalue weighted by Crippen LogP contribution is 2.22. The minimum Gasteiger partial charge on any atom is -0.398 e. The second kappa shape index (κ2) is 4.75. The van der Waals surface area contributed by atoms with E-state index in [1.165, 1.54) is 13.0 Å². The lowest BCUT2D eigenvalue weighted by Crippen LogP contribution is -2.27. The van der Waals surface area contributed by atoms with E-state index in [-0.39, 0.29) is 10.6 Å². The molecular formula is C11H16N2O3S. The molecule has 0 aliphatic heterocycles. The van der Waals surface area contributed by atoms with Gasteiger partial charge in [-0.05, 0) is 24.6 Å². The van der Waals surface area contributed by atoms with Gasteiger partial charge in [-0.2, -0.15) is 0 Å². The van der Waals surface area contributed by atoms with Gasteiger partial charge in [-0.15, -0.1) is 0 Å². The van der Waals surface area contributed by atoms with Crippen molar-refractivity contribution < 1.29 is 13.2 Å². The van der Waals surface area contributed by atoms with Crippen molar-refractivity contribution in [2.45, 2.75) is 18.7 Å². The fourth-order valence-corrected chi connectivity index (χ4v) is 3.34. The molecule has 17 heavy (non-hydrogen) atoms. The van der Waals surface area contributed by atoms with E-state index in [0.29, 0.717) is 11.3 Å². The van der Waals surface area contributed by atoms with Crippen LogP contribution in [0.4, 0.5) is 5.69 Å². The van der Waals surface area contributed by atoms with Gasteiger partial charge >= 0.3 is 0 Å². The summed E-state index contributed by atoms with van der Waals surface area (Å²) in [5, 5.41) is 0. The van der Waals surface area contributed by atoms with E-state index in [9.17, 15) is 13.2 Å². The van der Waals surface area contributed by atoms with Crippen LogP contribution in [0.15, 0.2) is 23.1 Å². The molecule has 6 heteroatoms. The SMILES string of the molecule is Cc1c(N)cccc1S(=O)(=O)CC(C)C(N)=O. The number of benzene rings is 1. The van der Waals surface area contributed by atoms with Gasteiger partial charge in [0.25, 0.3) is 0 Å². The van der Waals surface area contributed by atoms with Crippen molar-refractivity contribution in [2.24, 2.45) is 11.7 Å². The average molecular weight is 256 g/mol. The summed E-state index contributed by atoms with van der Waals surface area (Å²) in [6.45, 7) is 3.12. The van der Waals surface area contributed by atoms with Crippen molar-refractivity contribution in [2.75, 3.05) is 11.5 Å². The maximum atomic E-state index is 12.1. The van der Waals surface area contributed by atoms with E-state index >= 15 is 0 Å². The van der Waals surface area contributed by atoms with E-state index in [1.54, 1.807) is 19.1 Å². The Morgan fingerprint density at radius 3 is 2.53 bits per heavy atom. The second-order valence-corrected chi connectivity index (χ2v) is 6.06. The Kier molecular flexibility index (Phi) is 3.77. The predicted octanol–water partition coefficient (Wildman–Crippen LogP) is 0.472. The molecular weight excluding hydrogens is 240 g/mol. The zero-order chi connectivity index (χ0) is 13.2. The first-order valence-corrected chi connectivity index (χ1v) is 6.78. The van der Waals surface area contributed by atoms with Crippen molar-refractivity contribution in [3.63, 3.8) is 0 Å². The maximum absolute atomic E-state index is 12.1. The molecule has 0 radical (unpaired) electrons. The number of carbonyl (C=O) groups is 1. The fraction of sp³-hybridized carbons (Fsp3) is 0.364. The highest BCUT2D eigenvalue weighted by atomic mass is 32.2. The Labute approximate surface area is 101 Å². The van der Waals surface area contributed by atoms with Gasteiger partial charge in [0.05, 0.1) is 10.6 Å². The normalized spacial score (nSPS) is 13.3. The van der Waals surface area contributed by atoms with Crippen LogP contribution in [0, 0.1) is 12.8 Å². The summed E-state index contributed by atoms with van der Waals surface area (Å²) < 4.78 is 24.1. The van der Waals surface area contributed by atoms with Crippen LogP contribution in [-0.2, 0) is 14.6 Å². The number of hydrogen-bond donors (Lipinski definition) is 2. The first-order valence-electron chi connectivity index (χ1n) is 5.13. The highest BCUT2D eigenvalue weighted by molar-refractivity contribution is 7.91. The summed E-state index contributed by atoms with van der Waals surface area (Å²) in [4.78, 5) is 11.1. The largest absolute Gasteiger partial charge is 0.398 e. The minimum absolute atomic E-state index is 0.158. The quantitative estimate of drug-likeness (QED) is 0.764. The van der Waals surface area contributed by atoms with Crippen molar-refractivity contribution in [3.05, 3.63) is 23.8 Å². The molecule has 0 spiro atoms. The molecule has 0 fully saturated rings. The van der Waals surface area contributed by atoms with Crippen LogP contribution in [0.3, 0.4) is 0 Å². The van der Waals surface area contributed by atoms with Crippen molar-refractivity contribution in [1.29, 1.82) is 0 Å². The van der Waals surface area contributed by atoms with E-state index in [0.717, 1.165) is 0 Å². The molecule has 1 atom stereocenters. The molecule has 4 N–H and O–H groups in total. The number of sulfone groups is 1.